The van der Waals surface area contributed by atoms with Crippen LogP contribution in [0.25, 0.3) is 0 Å². The molecule has 8 heteroatoms. The minimum Gasteiger partial charge on any atom is -0.369 e. The van der Waals surface area contributed by atoms with Crippen molar-refractivity contribution in [2.24, 2.45) is 0 Å². The average molecular weight is 408 g/mol. The lowest BCUT2D eigenvalue weighted by Gasteiger charge is -2.35. The predicted molar refractivity (Wildman–Crippen MR) is 108 cm³/mol. The highest BCUT2D eigenvalue weighted by molar-refractivity contribution is 7.89. The third kappa shape index (κ3) is 5.22. The van der Waals surface area contributed by atoms with Gasteiger partial charge in [-0.25, -0.2) is 8.42 Å². The molecule has 6 nitrogen and oxygen atoms in total. The third-order valence-corrected chi connectivity index (χ3v) is 6.63. The van der Waals surface area contributed by atoms with Gasteiger partial charge >= 0.3 is 0 Å². The molecule has 1 fully saturated rings. The maximum atomic E-state index is 12.5. The Balaban J connectivity index is 1.48. The van der Waals surface area contributed by atoms with E-state index in [4.69, 9.17) is 11.6 Å². The molecule has 1 aliphatic heterocycles. The first-order valence-electron chi connectivity index (χ1n) is 8.77. The minimum absolute atomic E-state index is 0.0907. The molecule has 0 unspecified atom stereocenters. The second-order valence-corrected chi connectivity index (χ2v) is 8.83. The summed E-state index contributed by atoms with van der Waals surface area (Å²) in [5.74, 6) is -0.370. The van der Waals surface area contributed by atoms with Gasteiger partial charge in [-0.1, -0.05) is 29.8 Å². The van der Waals surface area contributed by atoms with E-state index in [9.17, 15) is 13.2 Å². The molecule has 1 aliphatic rings. The summed E-state index contributed by atoms with van der Waals surface area (Å²) in [7, 11) is -3.40. The molecule has 144 valence electrons. The van der Waals surface area contributed by atoms with Gasteiger partial charge in [0, 0.05) is 49.0 Å². The van der Waals surface area contributed by atoms with E-state index in [-0.39, 0.29) is 18.2 Å². The van der Waals surface area contributed by atoms with Crippen molar-refractivity contribution >= 4 is 33.2 Å². The van der Waals surface area contributed by atoms with Crippen molar-refractivity contribution in [3.8, 4) is 0 Å². The molecule has 0 aromatic heterocycles. The first-order valence-corrected chi connectivity index (χ1v) is 10.8. The van der Waals surface area contributed by atoms with Gasteiger partial charge < -0.3 is 10.2 Å². The lowest BCUT2D eigenvalue weighted by molar-refractivity contribution is 0.0956. The van der Waals surface area contributed by atoms with E-state index in [1.165, 1.54) is 4.31 Å². The molecule has 0 spiro atoms. The van der Waals surface area contributed by atoms with E-state index in [1.807, 2.05) is 30.3 Å². The first kappa shape index (κ1) is 19.7. The van der Waals surface area contributed by atoms with Crippen LogP contribution in [0.3, 0.4) is 0 Å². The molecule has 1 saturated heterocycles. The highest BCUT2D eigenvalue weighted by atomic mass is 35.5. The van der Waals surface area contributed by atoms with Gasteiger partial charge in [0.1, 0.15) is 0 Å². The van der Waals surface area contributed by atoms with Crippen LogP contribution < -0.4 is 10.2 Å². The van der Waals surface area contributed by atoms with E-state index in [0.717, 1.165) is 5.69 Å². The largest absolute Gasteiger partial charge is 0.369 e. The van der Waals surface area contributed by atoms with E-state index < -0.39 is 10.0 Å². The number of anilines is 1. The van der Waals surface area contributed by atoms with Crippen LogP contribution in [-0.4, -0.2) is 57.1 Å². The van der Waals surface area contributed by atoms with Crippen LogP contribution in [0, 0.1) is 0 Å². The fourth-order valence-electron chi connectivity index (χ4n) is 2.99. The molecule has 1 N–H and O–H groups in total. The summed E-state index contributed by atoms with van der Waals surface area (Å²) in [6, 6.07) is 16.3. The number of benzene rings is 2. The molecule has 2 aromatic carbocycles. The monoisotopic (exact) mass is 407 g/mol. The standard InChI is InChI=1S/C19H22ClN3O3S/c20-17-6-8-18(9-7-17)22-11-13-23(14-12-22)27(25,26)15-10-21-19(24)16-4-2-1-3-5-16/h1-9H,10-15H2,(H,21,24). The summed E-state index contributed by atoms with van der Waals surface area (Å²) >= 11 is 5.91. The quantitative estimate of drug-likeness (QED) is 0.797. The maximum absolute atomic E-state index is 12.5. The summed E-state index contributed by atoms with van der Waals surface area (Å²) in [6.07, 6.45) is 0. The van der Waals surface area contributed by atoms with Crippen molar-refractivity contribution in [2.75, 3.05) is 43.4 Å². The lowest BCUT2D eigenvalue weighted by Crippen LogP contribution is -2.50. The first-order chi connectivity index (χ1) is 13.0. The van der Waals surface area contributed by atoms with Crippen molar-refractivity contribution in [3.63, 3.8) is 0 Å². The zero-order valence-corrected chi connectivity index (χ0v) is 16.4. The van der Waals surface area contributed by atoms with Crippen LogP contribution in [0.4, 0.5) is 5.69 Å². The number of carbonyl (C=O) groups excluding carboxylic acids is 1. The lowest BCUT2D eigenvalue weighted by atomic mass is 10.2. The minimum atomic E-state index is -3.40. The highest BCUT2D eigenvalue weighted by Gasteiger charge is 2.26. The van der Waals surface area contributed by atoms with Gasteiger partial charge in [0.15, 0.2) is 0 Å². The summed E-state index contributed by atoms with van der Waals surface area (Å²) in [5.41, 5.74) is 1.55. The fraction of sp³-hybridized carbons (Fsp3) is 0.316. The van der Waals surface area contributed by atoms with E-state index in [0.29, 0.717) is 36.8 Å². The van der Waals surface area contributed by atoms with Crippen LogP contribution in [0.5, 0.6) is 0 Å². The van der Waals surface area contributed by atoms with Gasteiger partial charge in [-0.3, -0.25) is 4.79 Å². The molecule has 1 heterocycles. The second-order valence-electron chi connectivity index (χ2n) is 6.30. The number of halogens is 1. The number of nitrogens with zero attached hydrogens (tertiary/aromatic N) is 2. The number of piperazine rings is 1. The summed E-state index contributed by atoms with van der Waals surface area (Å²) in [4.78, 5) is 14.1. The Bertz CT molecular complexity index is 865. The van der Waals surface area contributed by atoms with E-state index >= 15 is 0 Å². The molecule has 3 rings (SSSR count). The molecule has 1 amide bonds. The number of hydrogen-bond acceptors (Lipinski definition) is 4. The fourth-order valence-corrected chi connectivity index (χ4v) is 4.45. The Kier molecular flexibility index (Phi) is 6.36. The number of rotatable bonds is 6. The molecule has 0 saturated carbocycles. The van der Waals surface area contributed by atoms with Crippen molar-refractivity contribution in [1.82, 2.24) is 9.62 Å². The summed E-state index contributed by atoms with van der Waals surface area (Å²) in [5, 5.41) is 3.34. The molecule has 0 radical (unpaired) electrons. The Labute approximate surface area is 164 Å². The van der Waals surface area contributed by atoms with E-state index in [2.05, 4.69) is 10.2 Å². The van der Waals surface area contributed by atoms with Gasteiger partial charge in [-0.2, -0.15) is 4.31 Å². The van der Waals surface area contributed by atoms with Crippen molar-refractivity contribution in [1.29, 1.82) is 0 Å². The van der Waals surface area contributed by atoms with Crippen LogP contribution in [0.1, 0.15) is 10.4 Å². The molecule has 27 heavy (non-hydrogen) atoms. The van der Waals surface area contributed by atoms with Gasteiger partial charge in [0.25, 0.3) is 5.91 Å². The zero-order valence-electron chi connectivity index (χ0n) is 14.8. The van der Waals surface area contributed by atoms with Crippen LogP contribution in [0.2, 0.25) is 5.02 Å². The van der Waals surface area contributed by atoms with Gasteiger partial charge in [-0.05, 0) is 36.4 Å². The van der Waals surface area contributed by atoms with Crippen LogP contribution in [-0.2, 0) is 10.0 Å². The SMILES string of the molecule is O=C(NCCS(=O)(=O)N1CCN(c2ccc(Cl)cc2)CC1)c1ccccc1. The number of amides is 1. The summed E-state index contributed by atoms with van der Waals surface area (Å²) < 4.78 is 26.6. The zero-order chi connectivity index (χ0) is 19.3. The number of hydrogen-bond donors (Lipinski definition) is 1. The number of nitrogens with one attached hydrogen (secondary N) is 1. The molecule has 2 aromatic rings. The number of carbonyl (C=O) groups is 1. The predicted octanol–water partition coefficient (Wildman–Crippen LogP) is 2.22. The number of sulfonamides is 1. The van der Waals surface area contributed by atoms with Crippen molar-refractivity contribution < 1.29 is 13.2 Å². The third-order valence-electron chi connectivity index (χ3n) is 4.51. The summed E-state index contributed by atoms with van der Waals surface area (Å²) in [6.45, 7) is 2.19. The van der Waals surface area contributed by atoms with Gasteiger partial charge in [0.2, 0.25) is 10.0 Å². The second kappa shape index (κ2) is 8.73. The maximum Gasteiger partial charge on any atom is 0.251 e. The molecule has 0 atom stereocenters. The Hall–Kier alpha value is -2.09. The smallest absolute Gasteiger partial charge is 0.251 e. The topological polar surface area (TPSA) is 69.7 Å². The highest BCUT2D eigenvalue weighted by Crippen LogP contribution is 2.20. The normalized spacial score (nSPS) is 15.5. The van der Waals surface area contributed by atoms with Crippen molar-refractivity contribution in [3.05, 3.63) is 65.2 Å². The molecular formula is C19H22ClN3O3S. The van der Waals surface area contributed by atoms with Crippen LogP contribution in [0.15, 0.2) is 54.6 Å². The average Bonchev–Trinajstić information content (AvgIpc) is 2.69. The Morgan fingerprint density at radius 1 is 0.963 bits per heavy atom. The molecular weight excluding hydrogens is 386 g/mol. The van der Waals surface area contributed by atoms with E-state index in [1.54, 1.807) is 24.3 Å². The van der Waals surface area contributed by atoms with Gasteiger partial charge in [0.05, 0.1) is 5.75 Å². The Morgan fingerprint density at radius 2 is 1.59 bits per heavy atom. The van der Waals surface area contributed by atoms with Gasteiger partial charge in [-0.15, -0.1) is 0 Å². The van der Waals surface area contributed by atoms with Crippen molar-refractivity contribution in [2.45, 2.75) is 0 Å². The molecule has 0 bridgehead atoms. The molecule has 0 aliphatic carbocycles. The Morgan fingerprint density at radius 3 is 2.22 bits per heavy atom. The van der Waals surface area contributed by atoms with Crippen LogP contribution >= 0.6 is 11.6 Å².